The van der Waals surface area contributed by atoms with Crippen LogP contribution in [0.3, 0.4) is 0 Å². The molecule has 0 saturated heterocycles. The van der Waals surface area contributed by atoms with Gasteiger partial charge in [-0.2, -0.15) is 0 Å². The van der Waals surface area contributed by atoms with E-state index >= 15 is 0 Å². The highest BCUT2D eigenvalue weighted by atomic mass is 16.6. The summed E-state index contributed by atoms with van der Waals surface area (Å²) in [7, 11) is 2.74. The van der Waals surface area contributed by atoms with Crippen LogP contribution in [0.1, 0.15) is 234 Å². The Kier molecular flexibility index (Phi) is 44.3. The van der Waals surface area contributed by atoms with Gasteiger partial charge in [-0.05, 0) is 31.6 Å². The first kappa shape index (κ1) is 57.9. The van der Waals surface area contributed by atoms with E-state index in [4.69, 9.17) is 19.3 Å². The van der Waals surface area contributed by atoms with E-state index in [9.17, 15) is 19.2 Å². The molecule has 0 aromatic rings. The van der Waals surface area contributed by atoms with Crippen LogP contribution >= 0.6 is 0 Å². The Hall–Kier alpha value is -2.20. The van der Waals surface area contributed by atoms with E-state index < -0.39 is 12.2 Å². The highest BCUT2D eigenvalue weighted by Crippen LogP contribution is 2.27. The predicted molar refractivity (Wildman–Crippen MR) is 240 cm³/mol. The number of ether oxygens (including phenoxy) is 3. The third kappa shape index (κ3) is 39.3. The molecule has 0 aliphatic heterocycles. The van der Waals surface area contributed by atoms with E-state index in [1.807, 2.05) is 0 Å². The number of carbonyl (C=O) groups excluding carboxylic acids is 4. The number of hydrogen-bond acceptors (Lipinski definition) is 8. The number of methoxy groups -OCH3 is 1. The zero-order valence-electron chi connectivity index (χ0n) is 38.9. The summed E-state index contributed by atoms with van der Waals surface area (Å²) in [5.74, 6) is -0.0841. The molecule has 2 amide bonds. The summed E-state index contributed by atoms with van der Waals surface area (Å²) < 4.78 is 16.6. The van der Waals surface area contributed by atoms with E-state index in [1.165, 1.54) is 109 Å². The molecule has 2 atom stereocenters. The standard InChI is InChI=1S/C41H76N2O6.C6H14O.CH4O/c1-4-7-10-12-14-16-18-20-22-24-26-28-40(46)48-36-33-35(43-39(45)31-30-38(44)42-32-9-6-3)34-37(36)49-41(47)29-27-25-23-21-19-17-15-13-11-8-5-2;1-6(2)4-5-7-3;1-2/h35-37H,4-34H2,1-3H3,(H,42,44)(H,43,45);6H,4-5H2,1-3H3;2H,1H3. The van der Waals surface area contributed by atoms with Gasteiger partial charge >= 0.3 is 11.9 Å². The summed E-state index contributed by atoms with van der Waals surface area (Å²) in [4.78, 5) is 50.3. The van der Waals surface area contributed by atoms with E-state index in [0.717, 1.165) is 71.0 Å². The normalized spacial score (nSPS) is 15.8. The van der Waals surface area contributed by atoms with Crippen LogP contribution in [0.2, 0.25) is 0 Å². The van der Waals surface area contributed by atoms with Gasteiger partial charge in [0.15, 0.2) is 0 Å². The molecule has 1 saturated carbocycles. The van der Waals surface area contributed by atoms with E-state index in [-0.39, 0.29) is 42.6 Å². The minimum atomic E-state index is -0.566. The summed E-state index contributed by atoms with van der Waals surface area (Å²) in [5.41, 5.74) is 0. The molecule has 1 aliphatic carbocycles. The lowest BCUT2D eigenvalue weighted by atomic mass is 10.1. The maximum Gasteiger partial charge on any atom is 0.306 e. The molecule has 0 aromatic heterocycles. The molecule has 0 aromatic carbocycles. The Labute approximate surface area is 357 Å². The Morgan fingerprint density at radius 1 is 0.534 bits per heavy atom. The van der Waals surface area contributed by atoms with Gasteiger partial charge in [-0.3, -0.25) is 19.2 Å². The summed E-state index contributed by atoms with van der Waals surface area (Å²) in [6.45, 7) is 12.5. The lowest BCUT2D eigenvalue weighted by Gasteiger charge is -2.20. The second-order valence-electron chi connectivity index (χ2n) is 16.7. The average molecular weight is 827 g/mol. The molecular weight excluding hydrogens is 733 g/mol. The highest BCUT2D eigenvalue weighted by Gasteiger charge is 2.40. The molecule has 3 N–H and O–H groups in total. The van der Waals surface area contributed by atoms with Crippen LogP contribution in [-0.2, 0) is 33.4 Å². The van der Waals surface area contributed by atoms with Gasteiger partial charge in [0.1, 0.15) is 12.2 Å². The molecule has 2 unspecified atom stereocenters. The summed E-state index contributed by atoms with van der Waals surface area (Å²) >= 11 is 0. The zero-order chi connectivity index (χ0) is 43.5. The smallest absolute Gasteiger partial charge is 0.306 e. The molecule has 10 nitrogen and oxygen atoms in total. The van der Waals surface area contributed by atoms with Crippen LogP contribution < -0.4 is 10.6 Å². The van der Waals surface area contributed by atoms with Crippen molar-refractivity contribution in [3.8, 4) is 0 Å². The van der Waals surface area contributed by atoms with Gasteiger partial charge in [-0.15, -0.1) is 0 Å². The van der Waals surface area contributed by atoms with Crippen molar-refractivity contribution in [1.29, 1.82) is 0 Å². The Morgan fingerprint density at radius 2 is 0.897 bits per heavy atom. The maximum atomic E-state index is 12.8. The third-order valence-electron chi connectivity index (χ3n) is 10.7. The molecule has 1 aliphatic rings. The minimum Gasteiger partial charge on any atom is -0.458 e. The number of carbonyl (C=O) groups is 4. The Bertz CT molecular complexity index is 899. The topological polar surface area (TPSA) is 140 Å². The first-order chi connectivity index (χ1) is 28.2. The van der Waals surface area contributed by atoms with Crippen molar-refractivity contribution >= 4 is 23.8 Å². The lowest BCUT2D eigenvalue weighted by molar-refractivity contribution is -0.165. The SMILES string of the molecule is CCCCCCCCCCCCCC(=O)OC1CC(NC(=O)CCC(=O)NCCCC)CC1OC(=O)CCCCCCCCCCCCC.CO.COCCC(C)C. The third-order valence-corrected chi connectivity index (χ3v) is 10.7. The molecule has 0 spiro atoms. The van der Waals surface area contributed by atoms with Gasteiger partial charge in [0.25, 0.3) is 0 Å². The molecule has 10 heteroatoms. The van der Waals surface area contributed by atoms with Crippen molar-refractivity contribution in [3.63, 3.8) is 0 Å². The number of rotatable bonds is 36. The Morgan fingerprint density at radius 3 is 1.24 bits per heavy atom. The molecule has 344 valence electrons. The first-order valence-electron chi connectivity index (χ1n) is 24.0. The van der Waals surface area contributed by atoms with Crippen LogP contribution in [0.15, 0.2) is 0 Å². The average Bonchev–Trinajstić information content (AvgIpc) is 3.57. The van der Waals surface area contributed by atoms with Crippen LogP contribution in [0.5, 0.6) is 0 Å². The molecule has 0 heterocycles. The molecule has 58 heavy (non-hydrogen) atoms. The van der Waals surface area contributed by atoms with Crippen molar-refractivity contribution in [1.82, 2.24) is 10.6 Å². The van der Waals surface area contributed by atoms with E-state index in [0.29, 0.717) is 32.2 Å². The fourth-order valence-electron chi connectivity index (χ4n) is 7.02. The van der Waals surface area contributed by atoms with Crippen molar-refractivity contribution in [2.24, 2.45) is 5.92 Å². The monoisotopic (exact) mass is 827 g/mol. The summed E-state index contributed by atoms with van der Waals surface area (Å²) in [6.07, 6.45) is 30.5. The number of aliphatic hydroxyl groups excluding tert-OH is 1. The summed E-state index contributed by atoms with van der Waals surface area (Å²) in [5, 5.41) is 12.8. The summed E-state index contributed by atoms with van der Waals surface area (Å²) in [6, 6.07) is -0.268. The number of amides is 2. The van der Waals surface area contributed by atoms with Crippen molar-refractivity contribution < 1.29 is 38.5 Å². The van der Waals surface area contributed by atoms with Gasteiger partial charge < -0.3 is 30.0 Å². The van der Waals surface area contributed by atoms with E-state index in [1.54, 1.807) is 7.11 Å². The second kappa shape index (κ2) is 44.4. The van der Waals surface area contributed by atoms with Gasteiger partial charge in [0.2, 0.25) is 11.8 Å². The molecule has 1 fully saturated rings. The van der Waals surface area contributed by atoms with Gasteiger partial charge in [-0.1, -0.05) is 169 Å². The number of aliphatic hydroxyl groups is 1. The number of hydrogen-bond donors (Lipinski definition) is 3. The molecule has 0 bridgehead atoms. The highest BCUT2D eigenvalue weighted by molar-refractivity contribution is 5.83. The first-order valence-corrected chi connectivity index (χ1v) is 24.0. The van der Waals surface area contributed by atoms with Crippen LogP contribution in [-0.4, -0.2) is 74.5 Å². The number of esters is 2. The molecular formula is C48H94N2O8. The fourth-order valence-corrected chi connectivity index (χ4v) is 7.02. The quantitative estimate of drug-likeness (QED) is 0.0419. The number of nitrogens with one attached hydrogen (secondary N) is 2. The van der Waals surface area contributed by atoms with Crippen LogP contribution in [0.25, 0.3) is 0 Å². The van der Waals surface area contributed by atoms with Crippen molar-refractivity contribution in [2.75, 3.05) is 27.4 Å². The van der Waals surface area contributed by atoms with Crippen molar-refractivity contribution in [2.45, 2.75) is 252 Å². The second-order valence-corrected chi connectivity index (χ2v) is 16.7. The zero-order valence-corrected chi connectivity index (χ0v) is 38.9. The molecule has 1 rings (SSSR count). The molecule has 0 radical (unpaired) electrons. The van der Waals surface area contributed by atoms with Gasteiger partial charge in [0, 0.05) is 71.9 Å². The van der Waals surface area contributed by atoms with Gasteiger partial charge in [-0.25, -0.2) is 0 Å². The fraction of sp³-hybridized carbons (Fsp3) is 0.917. The Balaban J connectivity index is 0. The van der Waals surface area contributed by atoms with Crippen molar-refractivity contribution in [3.05, 3.63) is 0 Å². The van der Waals surface area contributed by atoms with E-state index in [2.05, 4.69) is 45.3 Å². The minimum absolute atomic E-state index is 0.0983. The lowest BCUT2D eigenvalue weighted by Crippen LogP contribution is -2.34. The van der Waals surface area contributed by atoms with Gasteiger partial charge in [0.05, 0.1) is 0 Å². The van der Waals surface area contributed by atoms with Crippen LogP contribution in [0.4, 0.5) is 0 Å². The number of unbranched alkanes of at least 4 members (excludes halogenated alkanes) is 21. The largest absolute Gasteiger partial charge is 0.458 e. The van der Waals surface area contributed by atoms with Crippen LogP contribution in [0, 0.1) is 5.92 Å². The predicted octanol–water partition coefficient (Wildman–Crippen LogP) is 11.5. The maximum absolute atomic E-state index is 12.8.